The van der Waals surface area contributed by atoms with Crippen LogP contribution in [0.3, 0.4) is 0 Å². The Morgan fingerprint density at radius 2 is 2.09 bits per heavy atom. The third-order valence-corrected chi connectivity index (χ3v) is 3.94. The van der Waals surface area contributed by atoms with Gasteiger partial charge in [-0.3, -0.25) is 0 Å². The Labute approximate surface area is 128 Å². The fourth-order valence-corrected chi connectivity index (χ4v) is 2.86. The van der Waals surface area contributed by atoms with Gasteiger partial charge in [-0.25, -0.2) is 18.6 Å². The Hall–Kier alpha value is -2.54. The van der Waals surface area contributed by atoms with Crippen molar-refractivity contribution in [2.45, 2.75) is 0 Å². The summed E-state index contributed by atoms with van der Waals surface area (Å²) in [7, 11) is 1.30. The van der Waals surface area contributed by atoms with E-state index in [9.17, 15) is 13.6 Å². The molecule has 0 aliphatic carbocycles. The number of hydrogen-bond acceptors (Lipinski definition) is 5. The van der Waals surface area contributed by atoms with Crippen LogP contribution in [0.15, 0.2) is 36.4 Å². The molecular weight excluding hydrogens is 310 g/mol. The molecule has 0 amide bonds. The van der Waals surface area contributed by atoms with Crippen LogP contribution in [-0.2, 0) is 4.74 Å². The van der Waals surface area contributed by atoms with Gasteiger partial charge in [-0.2, -0.15) is 0 Å². The van der Waals surface area contributed by atoms with Gasteiger partial charge in [-0.15, -0.1) is 0 Å². The van der Waals surface area contributed by atoms with Crippen molar-refractivity contribution in [1.29, 1.82) is 0 Å². The van der Waals surface area contributed by atoms with E-state index in [1.807, 2.05) is 0 Å². The number of hydrogen-bond donors (Lipinski definition) is 1. The predicted octanol–water partition coefficient (Wildman–Crippen LogP) is 4.10. The molecule has 0 radical (unpaired) electrons. The second-order valence-electron chi connectivity index (χ2n) is 4.42. The Kier molecular flexibility index (Phi) is 3.72. The quantitative estimate of drug-likeness (QED) is 0.738. The van der Waals surface area contributed by atoms with Crippen molar-refractivity contribution < 1.29 is 18.3 Å². The van der Waals surface area contributed by atoms with Crippen LogP contribution in [0.4, 0.5) is 19.6 Å². The number of ether oxygens (including phenoxy) is 1. The molecule has 4 nitrogen and oxygen atoms in total. The molecule has 0 atom stereocenters. The first-order valence-corrected chi connectivity index (χ1v) is 7.10. The molecule has 0 spiro atoms. The maximum absolute atomic E-state index is 13.6. The highest BCUT2D eigenvalue weighted by atomic mass is 32.1. The molecule has 0 saturated heterocycles. The summed E-state index contributed by atoms with van der Waals surface area (Å²) >= 11 is 1.23. The van der Waals surface area contributed by atoms with Crippen molar-refractivity contribution in [3.8, 4) is 0 Å². The van der Waals surface area contributed by atoms with E-state index in [0.717, 1.165) is 10.8 Å². The molecule has 0 fully saturated rings. The van der Waals surface area contributed by atoms with E-state index in [4.69, 9.17) is 0 Å². The smallest absolute Gasteiger partial charge is 0.337 e. The highest BCUT2D eigenvalue weighted by Crippen LogP contribution is 2.30. The third kappa shape index (κ3) is 2.62. The van der Waals surface area contributed by atoms with Crippen LogP contribution in [0.5, 0.6) is 0 Å². The zero-order valence-electron chi connectivity index (χ0n) is 11.4. The molecule has 2 aromatic carbocycles. The largest absolute Gasteiger partial charge is 0.465 e. The highest BCUT2D eigenvalue weighted by molar-refractivity contribution is 7.22. The lowest BCUT2D eigenvalue weighted by molar-refractivity contribution is 0.0601. The van der Waals surface area contributed by atoms with Crippen LogP contribution >= 0.6 is 11.3 Å². The molecule has 3 aromatic rings. The predicted molar refractivity (Wildman–Crippen MR) is 80.6 cm³/mol. The maximum atomic E-state index is 13.6. The molecule has 112 valence electrons. The highest BCUT2D eigenvalue weighted by Gasteiger charge is 2.12. The monoisotopic (exact) mass is 320 g/mol. The molecule has 0 aliphatic heterocycles. The number of nitrogens with one attached hydrogen (secondary N) is 1. The molecule has 1 N–H and O–H groups in total. The second kappa shape index (κ2) is 5.69. The normalized spacial score (nSPS) is 10.7. The van der Waals surface area contributed by atoms with E-state index in [-0.39, 0.29) is 5.69 Å². The summed E-state index contributed by atoms with van der Waals surface area (Å²) in [5, 5.41) is 3.15. The Balaban J connectivity index is 1.95. The molecule has 1 heterocycles. The molecule has 0 unspecified atom stereocenters. The van der Waals surface area contributed by atoms with E-state index in [0.29, 0.717) is 16.2 Å². The van der Waals surface area contributed by atoms with Gasteiger partial charge in [0.15, 0.2) is 16.8 Å². The number of thiazole rings is 1. The summed E-state index contributed by atoms with van der Waals surface area (Å²) in [4.78, 5) is 15.8. The first-order valence-electron chi connectivity index (χ1n) is 6.28. The van der Waals surface area contributed by atoms with Gasteiger partial charge in [-0.05, 0) is 30.3 Å². The summed E-state index contributed by atoms with van der Waals surface area (Å²) in [6.45, 7) is 0. The number of carbonyl (C=O) groups excluding carboxylic acids is 1. The fourth-order valence-electron chi connectivity index (χ4n) is 1.94. The first kappa shape index (κ1) is 14.4. The van der Waals surface area contributed by atoms with Crippen molar-refractivity contribution in [3.63, 3.8) is 0 Å². The molecule has 0 aliphatic rings. The van der Waals surface area contributed by atoms with Crippen LogP contribution < -0.4 is 5.32 Å². The van der Waals surface area contributed by atoms with Gasteiger partial charge in [-0.1, -0.05) is 17.4 Å². The first-order chi connectivity index (χ1) is 10.6. The summed E-state index contributed by atoms with van der Waals surface area (Å²) in [5.41, 5.74) is 1.06. The molecule has 22 heavy (non-hydrogen) atoms. The lowest BCUT2D eigenvalue weighted by Crippen LogP contribution is -1.99. The number of halogens is 2. The lowest BCUT2D eigenvalue weighted by Gasteiger charge is -2.03. The standard InChI is InChI=1S/C15H10F2N2O2S/c1-21-14(20)8-5-6-10-12(7-8)22-15(18-10)19-11-4-2-3-9(16)13(11)17/h2-7H,1H3,(H,18,19). The van der Waals surface area contributed by atoms with E-state index < -0.39 is 17.6 Å². The topological polar surface area (TPSA) is 51.2 Å². The lowest BCUT2D eigenvalue weighted by atomic mass is 10.2. The Morgan fingerprint density at radius 1 is 1.27 bits per heavy atom. The van der Waals surface area contributed by atoms with Crippen LogP contribution in [0.25, 0.3) is 10.2 Å². The van der Waals surface area contributed by atoms with Gasteiger partial charge >= 0.3 is 5.97 Å². The second-order valence-corrected chi connectivity index (χ2v) is 5.45. The molecular formula is C15H10F2N2O2S. The Bertz CT molecular complexity index is 864. The summed E-state index contributed by atoms with van der Waals surface area (Å²) in [6, 6.07) is 8.78. The summed E-state index contributed by atoms with van der Waals surface area (Å²) in [6.07, 6.45) is 0. The number of methoxy groups -OCH3 is 1. The average molecular weight is 320 g/mol. The van der Waals surface area contributed by atoms with E-state index in [1.54, 1.807) is 18.2 Å². The minimum Gasteiger partial charge on any atom is -0.465 e. The number of nitrogens with zero attached hydrogens (tertiary/aromatic N) is 1. The van der Waals surface area contributed by atoms with Gasteiger partial charge in [0.2, 0.25) is 0 Å². The summed E-state index contributed by atoms with van der Waals surface area (Å²) in [5.74, 6) is -2.34. The van der Waals surface area contributed by atoms with Crippen molar-refractivity contribution >= 4 is 38.3 Å². The number of rotatable bonds is 3. The summed E-state index contributed by atoms with van der Waals surface area (Å²) < 4.78 is 32.2. The molecule has 0 saturated carbocycles. The Morgan fingerprint density at radius 3 is 2.86 bits per heavy atom. The molecule has 1 aromatic heterocycles. The molecule has 7 heteroatoms. The maximum Gasteiger partial charge on any atom is 0.337 e. The number of carbonyl (C=O) groups is 1. The SMILES string of the molecule is COC(=O)c1ccc2nc(Nc3cccc(F)c3F)sc2c1. The van der Waals surface area contributed by atoms with Crippen LogP contribution in [0.2, 0.25) is 0 Å². The number of aromatic nitrogens is 1. The zero-order valence-corrected chi connectivity index (χ0v) is 12.2. The van der Waals surface area contributed by atoms with Gasteiger partial charge in [0.1, 0.15) is 0 Å². The van der Waals surface area contributed by atoms with Crippen LogP contribution in [0.1, 0.15) is 10.4 Å². The van der Waals surface area contributed by atoms with Gasteiger partial charge in [0.25, 0.3) is 0 Å². The van der Waals surface area contributed by atoms with E-state index in [1.165, 1.54) is 30.6 Å². The number of anilines is 2. The fraction of sp³-hybridized carbons (Fsp3) is 0.0667. The zero-order chi connectivity index (χ0) is 15.7. The van der Waals surface area contributed by atoms with Crippen molar-refractivity contribution in [2.24, 2.45) is 0 Å². The molecule has 0 bridgehead atoms. The van der Waals surface area contributed by atoms with Gasteiger partial charge < -0.3 is 10.1 Å². The van der Waals surface area contributed by atoms with E-state index >= 15 is 0 Å². The molecule has 3 rings (SSSR count). The average Bonchev–Trinajstić information content (AvgIpc) is 2.92. The van der Waals surface area contributed by atoms with Crippen molar-refractivity contribution in [2.75, 3.05) is 12.4 Å². The minimum atomic E-state index is -0.961. The van der Waals surface area contributed by atoms with Crippen molar-refractivity contribution in [1.82, 2.24) is 4.98 Å². The minimum absolute atomic E-state index is 0.00671. The van der Waals surface area contributed by atoms with Crippen LogP contribution in [0, 0.1) is 11.6 Å². The number of benzene rings is 2. The van der Waals surface area contributed by atoms with Gasteiger partial charge in [0, 0.05) is 0 Å². The van der Waals surface area contributed by atoms with Crippen molar-refractivity contribution in [3.05, 3.63) is 53.6 Å². The van der Waals surface area contributed by atoms with Gasteiger partial charge in [0.05, 0.1) is 28.6 Å². The van der Waals surface area contributed by atoms with E-state index in [2.05, 4.69) is 15.0 Å². The number of esters is 1. The van der Waals surface area contributed by atoms with Crippen LogP contribution in [-0.4, -0.2) is 18.1 Å². The third-order valence-electron chi connectivity index (χ3n) is 3.00. The number of fused-ring (bicyclic) bond motifs is 1.